The van der Waals surface area contributed by atoms with Crippen LogP contribution >= 0.6 is 0 Å². The van der Waals surface area contributed by atoms with Gasteiger partial charge in [0, 0.05) is 30.3 Å². The minimum absolute atomic E-state index is 0.0189. The predicted octanol–water partition coefficient (Wildman–Crippen LogP) is 2.97. The van der Waals surface area contributed by atoms with Crippen LogP contribution in [0.25, 0.3) is 0 Å². The zero-order chi connectivity index (χ0) is 16.7. The molecule has 23 heavy (non-hydrogen) atoms. The largest absolute Gasteiger partial charge is 0.350 e. The lowest BCUT2D eigenvalue weighted by atomic mass is 10.1. The minimum atomic E-state index is -0.124. The van der Waals surface area contributed by atoms with Crippen LogP contribution in [0.4, 0.5) is 0 Å². The number of nitrogens with one attached hydrogen (secondary N) is 1. The number of benzene rings is 2. The number of carbonyl (C=O) groups excluding carboxylic acids is 2. The van der Waals surface area contributed by atoms with Crippen molar-refractivity contribution in [1.82, 2.24) is 10.2 Å². The average molecular weight is 310 g/mol. The summed E-state index contributed by atoms with van der Waals surface area (Å²) in [7, 11) is 0. The Balaban J connectivity index is 1.96. The Morgan fingerprint density at radius 3 is 2.00 bits per heavy atom. The zero-order valence-corrected chi connectivity index (χ0v) is 13.5. The average Bonchev–Trinajstić information content (AvgIpc) is 2.61. The molecule has 1 N–H and O–H groups in total. The predicted molar refractivity (Wildman–Crippen MR) is 91.4 cm³/mol. The van der Waals surface area contributed by atoms with E-state index >= 15 is 0 Å². The maximum Gasteiger partial charge on any atom is 0.254 e. The molecule has 0 saturated carbocycles. The minimum Gasteiger partial charge on any atom is -0.350 e. The SMILES string of the molecule is CCN(C(=O)c1ccccc1)[C@H](C)CNC(=O)c1ccccc1. The van der Waals surface area contributed by atoms with E-state index in [1.165, 1.54) is 0 Å². The molecule has 0 aliphatic heterocycles. The van der Waals surface area contributed by atoms with E-state index < -0.39 is 0 Å². The Labute approximate surface area is 137 Å². The number of carbonyl (C=O) groups is 2. The van der Waals surface area contributed by atoms with Gasteiger partial charge in [-0.2, -0.15) is 0 Å². The van der Waals surface area contributed by atoms with Crippen LogP contribution in [0.5, 0.6) is 0 Å². The van der Waals surface area contributed by atoms with E-state index in [0.717, 1.165) is 0 Å². The second kappa shape index (κ2) is 8.13. The van der Waals surface area contributed by atoms with Gasteiger partial charge in [-0.3, -0.25) is 9.59 Å². The molecule has 0 fully saturated rings. The van der Waals surface area contributed by atoms with Crippen molar-refractivity contribution in [3.63, 3.8) is 0 Å². The smallest absolute Gasteiger partial charge is 0.254 e. The van der Waals surface area contributed by atoms with Gasteiger partial charge in [0.05, 0.1) is 0 Å². The van der Waals surface area contributed by atoms with Gasteiger partial charge in [-0.05, 0) is 38.1 Å². The maximum atomic E-state index is 12.5. The number of hydrogen-bond donors (Lipinski definition) is 1. The van der Waals surface area contributed by atoms with Crippen LogP contribution in [0.2, 0.25) is 0 Å². The van der Waals surface area contributed by atoms with Crippen molar-refractivity contribution in [2.45, 2.75) is 19.9 Å². The van der Waals surface area contributed by atoms with Crippen molar-refractivity contribution >= 4 is 11.8 Å². The highest BCUT2D eigenvalue weighted by Crippen LogP contribution is 2.08. The molecule has 0 heterocycles. The van der Waals surface area contributed by atoms with Crippen molar-refractivity contribution < 1.29 is 9.59 Å². The van der Waals surface area contributed by atoms with E-state index in [1.54, 1.807) is 29.2 Å². The maximum absolute atomic E-state index is 12.5. The second-order valence-electron chi connectivity index (χ2n) is 5.38. The topological polar surface area (TPSA) is 49.4 Å². The summed E-state index contributed by atoms with van der Waals surface area (Å²) in [5.41, 5.74) is 1.28. The number of likely N-dealkylation sites (N-methyl/N-ethyl adjacent to an activating group) is 1. The molecule has 2 amide bonds. The van der Waals surface area contributed by atoms with Gasteiger partial charge in [-0.25, -0.2) is 0 Å². The van der Waals surface area contributed by atoms with Gasteiger partial charge >= 0.3 is 0 Å². The molecule has 0 unspecified atom stereocenters. The summed E-state index contributed by atoms with van der Waals surface area (Å²) in [6, 6.07) is 18.2. The molecule has 1 atom stereocenters. The molecule has 0 radical (unpaired) electrons. The third-order valence-electron chi connectivity index (χ3n) is 3.75. The lowest BCUT2D eigenvalue weighted by molar-refractivity contribution is 0.0692. The number of amides is 2. The highest BCUT2D eigenvalue weighted by Gasteiger charge is 2.20. The Hall–Kier alpha value is -2.62. The molecule has 2 aromatic carbocycles. The first-order valence-corrected chi connectivity index (χ1v) is 7.82. The van der Waals surface area contributed by atoms with Crippen molar-refractivity contribution in [1.29, 1.82) is 0 Å². The van der Waals surface area contributed by atoms with Crippen LogP contribution in [0, 0.1) is 0 Å². The fourth-order valence-corrected chi connectivity index (χ4v) is 2.44. The summed E-state index contributed by atoms with van der Waals surface area (Å²) in [6.07, 6.45) is 0. The van der Waals surface area contributed by atoms with E-state index in [9.17, 15) is 9.59 Å². The van der Waals surface area contributed by atoms with Gasteiger partial charge in [0.15, 0.2) is 0 Å². The van der Waals surface area contributed by atoms with Crippen LogP contribution in [-0.4, -0.2) is 35.8 Å². The first-order valence-electron chi connectivity index (χ1n) is 7.82. The Morgan fingerprint density at radius 2 is 1.48 bits per heavy atom. The van der Waals surface area contributed by atoms with E-state index in [4.69, 9.17) is 0 Å². The monoisotopic (exact) mass is 310 g/mol. The summed E-state index contributed by atoms with van der Waals surface area (Å²) in [6.45, 7) is 4.89. The third-order valence-corrected chi connectivity index (χ3v) is 3.75. The van der Waals surface area contributed by atoms with E-state index in [-0.39, 0.29) is 17.9 Å². The summed E-state index contributed by atoms with van der Waals surface area (Å²) in [5, 5.41) is 2.89. The van der Waals surface area contributed by atoms with Crippen LogP contribution in [-0.2, 0) is 0 Å². The Kier molecular flexibility index (Phi) is 5.92. The second-order valence-corrected chi connectivity index (χ2v) is 5.38. The molecule has 120 valence electrons. The Morgan fingerprint density at radius 1 is 0.957 bits per heavy atom. The highest BCUT2D eigenvalue weighted by atomic mass is 16.2. The van der Waals surface area contributed by atoms with Crippen molar-refractivity contribution in [2.24, 2.45) is 0 Å². The fraction of sp³-hybridized carbons (Fsp3) is 0.263. The molecular weight excluding hydrogens is 288 g/mol. The number of hydrogen-bond acceptors (Lipinski definition) is 2. The van der Waals surface area contributed by atoms with Crippen molar-refractivity contribution in [3.8, 4) is 0 Å². The number of nitrogens with zero attached hydrogens (tertiary/aromatic N) is 1. The molecule has 4 nitrogen and oxygen atoms in total. The highest BCUT2D eigenvalue weighted by molar-refractivity contribution is 5.95. The lowest BCUT2D eigenvalue weighted by Crippen LogP contribution is -2.45. The van der Waals surface area contributed by atoms with Gasteiger partial charge in [-0.1, -0.05) is 36.4 Å². The first kappa shape index (κ1) is 16.7. The summed E-state index contributed by atoms with van der Waals surface area (Å²) in [4.78, 5) is 26.4. The van der Waals surface area contributed by atoms with Gasteiger partial charge in [0.25, 0.3) is 11.8 Å². The van der Waals surface area contributed by atoms with Crippen LogP contribution < -0.4 is 5.32 Å². The third kappa shape index (κ3) is 4.42. The fourth-order valence-electron chi connectivity index (χ4n) is 2.44. The molecule has 0 spiro atoms. The van der Waals surface area contributed by atoms with Gasteiger partial charge < -0.3 is 10.2 Å². The summed E-state index contributed by atoms with van der Waals surface area (Å²) < 4.78 is 0. The van der Waals surface area contributed by atoms with Crippen molar-refractivity contribution in [3.05, 3.63) is 71.8 Å². The lowest BCUT2D eigenvalue weighted by Gasteiger charge is -2.28. The molecule has 0 aromatic heterocycles. The van der Waals surface area contributed by atoms with Gasteiger partial charge in [0.1, 0.15) is 0 Å². The molecular formula is C19H22N2O2. The van der Waals surface area contributed by atoms with E-state index in [0.29, 0.717) is 24.2 Å². The quantitative estimate of drug-likeness (QED) is 0.892. The van der Waals surface area contributed by atoms with Crippen LogP contribution in [0.3, 0.4) is 0 Å². The summed E-state index contributed by atoms with van der Waals surface area (Å²) in [5.74, 6) is -0.143. The standard InChI is InChI=1S/C19H22N2O2/c1-3-21(19(23)17-12-8-5-9-13-17)15(2)14-20-18(22)16-10-6-4-7-11-16/h4-13,15H,3,14H2,1-2H3,(H,20,22)/t15-/m1/s1. The summed E-state index contributed by atoms with van der Waals surface area (Å²) >= 11 is 0. The Bertz CT molecular complexity index is 641. The molecule has 2 aromatic rings. The van der Waals surface area contributed by atoms with Crippen LogP contribution in [0.15, 0.2) is 60.7 Å². The van der Waals surface area contributed by atoms with Crippen molar-refractivity contribution in [2.75, 3.05) is 13.1 Å². The van der Waals surface area contributed by atoms with E-state index in [1.807, 2.05) is 50.2 Å². The number of rotatable bonds is 6. The molecule has 2 rings (SSSR count). The molecule has 0 aliphatic rings. The van der Waals surface area contributed by atoms with Gasteiger partial charge in [-0.15, -0.1) is 0 Å². The normalized spacial score (nSPS) is 11.6. The first-order chi connectivity index (χ1) is 11.1. The molecule has 4 heteroatoms. The molecule has 0 bridgehead atoms. The van der Waals surface area contributed by atoms with Gasteiger partial charge in [0.2, 0.25) is 0 Å². The van der Waals surface area contributed by atoms with Crippen LogP contribution in [0.1, 0.15) is 34.6 Å². The zero-order valence-electron chi connectivity index (χ0n) is 13.5. The van der Waals surface area contributed by atoms with E-state index in [2.05, 4.69) is 5.32 Å². The molecule has 0 aliphatic carbocycles. The molecule has 0 saturated heterocycles.